The van der Waals surface area contributed by atoms with Crippen molar-refractivity contribution in [3.05, 3.63) is 70.3 Å². The highest BCUT2D eigenvalue weighted by Gasteiger charge is 2.23. The van der Waals surface area contributed by atoms with Gasteiger partial charge < -0.3 is 4.90 Å². The number of hydrogen-bond acceptors (Lipinski definition) is 3. The van der Waals surface area contributed by atoms with Crippen molar-refractivity contribution in [2.75, 3.05) is 12.9 Å². The molecule has 0 aliphatic carbocycles. The van der Waals surface area contributed by atoms with Gasteiger partial charge in [0.25, 0.3) is 5.56 Å². The molecule has 140 valence electrons. The van der Waals surface area contributed by atoms with Crippen LogP contribution >= 0.6 is 11.6 Å². The minimum atomic E-state index is -0.417. The Balaban J connectivity index is 2.26. The van der Waals surface area contributed by atoms with E-state index >= 15 is 0 Å². The molecule has 0 saturated carbocycles. The number of nitrogens with zero attached hydrogens (tertiary/aromatic N) is 3. The molecule has 0 aliphatic heterocycles. The first kappa shape index (κ1) is 19.1. The van der Waals surface area contributed by atoms with Gasteiger partial charge in [0.2, 0.25) is 5.91 Å². The molecule has 0 bridgehead atoms. The number of carbonyl (C=O) groups excluding carboxylic acids is 1. The highest BCUT2D eigenvalue weighted by Crippen LogP contribution is 2.22. The molecular formula is C21H22ClN3O2. The van der Waals surface area contributed by atoms with Gasteiger partial charge in [-0.2, -0.15) is 0 Å². The number of amides is 1. The van der Waals surface area contributed by atoms with Crippen LogP contribution < -0.4 is 5.56 Å². The maximum atomic E-state index is 13.3. The predicted molar refractivity (Wildman–Crippen MR) is 109 cm³/mol. The first-order chi connectivity index (χ1) is 13.0. The highest BCUT2D eigenvalue weighted by molar-refractivity contribution is 6.27. The Morgan fingerprint density at radius 3 is 2.48 bits per heavy atom. The first-order valence-corrected chi connectivity index (χ1v) is 9.44. The molecule has 0 spiro atoms. The molecule has 0 fully saturated rings. The standard InChI is InChI=1S/C21H22ClN3O2/c1-4-15-9-11-16(12-10-15)25-20(14(2)24(3)19(26)13-22)23-18-8-6-5-7-17(18)21(25)27/h5-12,14H,4,13H2,1-3H3. The van der Waals surface area contributed by atoms with E-state index in [0.29, 0.717) is 16.7 Å². The molecular weight excluding hydrogens is 362 g/mol. The van der Waals surface area contributed by atoms with E-state index in [1.165, 1.54) is 10.5 Å². The zero-order chi connectivity index (χ0) is 19.6. The highest BCUT2D eigenvalue weighted by atomic mass is 35.5. The molecule has 1 aromatic heterocycles. The van der Waals surface area contributed by atoms with Gasteiger partial charge in [-0.25, -0.2) is 4.98 Å². The van der Waals surface area contributed by atoms with Gasteiger partial charge in [0.15, 0.2) is 0 Å². The lowest BCUT2D eigenvalue weighted by Crippen LogP contribution is -2.35. The summed E-state index contributed by atoms with van der Waals surface area (Å²) >= 11 is 5.71. The number of aromatic nitrogens is 2. The number of rotatable bonds is 5. The molecule has 1 amide bonds. The minimum absolute atomic E-state index is 0.121. The van der Waals surface area contributed by atoms with Crippen molar-refractivity contribution in [2.45, 2.75) is 26.3 Å². The summed E-state index contributed by atoms with van der Waals surface area (Å²) < 4.78 is 1.59. The molecule has 0 aliphatic rings. The van der Waals surface area contributed by atoms with Gasteiger partial charge in [-0.1, -0.05) is 31.2 Å². The fourth-order valence-electron chi connectivity index (χ4n) is 3.04. The summed E-state index contributed by atoms with van der Waals surface area (Å²) in [6.45, 7) is 3.93. The zero-order valence-corrected chi connectivity index (χ0v) is 16.4. The Labute approximate surface area is 163 Å². The number of fused-ring (bicyclic) bond motifs is 1. The number of halogens is 1. The van der Waals surface area contributed by atoms with Crippen LogP contribution in [0.2, 0.25) is 0 Å². The summed E-state index contributed by atoms with van der Waals surface area (Å²) in [5, 5.41) is 0.541. The van der Waals surface area contributed by atoms with Crippen LogP contribution in [0.1, 0.15) is 31.3 Å². The molecule has 1 heterocycles. The van der Waals surface area contributed by atoms with Crippen LogP contribution in [0, 0.1) is 0 Å². The second kappa shape index (κ2) is 7.92. The summed E-state index contributed by atoms with van der Waals surface area (Å²) in [6, 6.07) is 14.6. The van der Waals surface area contributed by atoms with Gasteiger partial charge in [0.1, 0.15) is 11.7 Å². The second-order valence-electron chi connectivity index (χ2n) is 6.46. The van der Waals surface area contributed by atoms with E-state index in [0.717, 1.165) is 12.1 Å². The normalized spacial score (nSPS) is 12.1. The van der Waals surface area contributed by atoms with E-state index in [-0.39, 0.29) is 17.3 Å². The van der Waals surface area contributed by atoms with Gasteiger partial charge >= 0.3 is 0 Å². The number of aryl methyl sites for hydroxylation is 1. The summed E-state index contributed by atoms with van der Waals surface area (Å²) in [7, 11) is 1.67. The lowest BCUT2D eigenvalue weighted by atomic mass is 10.1. The largest absolute Gasteiger partial charge is 0.335 e. The first-order valence-electron chi connectivity index (χ1n) is 8.90. The number of para-hydroxylation sites is 1. The molecule has 0 radical (unpaired) electrons. The van der Waals surface area contributed by atoms with E-state index in [2.05, 4.69) is 6.92 Å². The van der Waals surface area contributed by atoms with E-state index in [1.807, 2.05) is 43.3 Å². The topological polar surface area (TPSA) is 55.2 Å². The maximum Gasteiger partial charge on any atom is 0.266 e. The smallest absolute Gasteiger partial charge is 0.266 e. The van der Waals surface area contributed by atoms with Gasteiger partial charge in [-0.3, -0.25) is 14.2 Å². The third-order valence-electron chi connectivity index (χ3n) is 4.87. The third-order valence-corrected chi connectivity index (χ3v) is 5.10. The molecule has 3 rings (SSSR count). The number of alkyl halides is 1. The minimum Gasteiger partial charge on any atom is -0.335 e. The monoisotopic (exact) mass is 383 g/mol. The molecule has 0 N–H and O–H groups in total. The van der Waals surface area contributed by atoms with Crippen molar-refractivity contribution in [2.24, 2.45) is 0 Å². The van der Waals surface area contributed by atoms with Crippen LogP contribution in [0.5, 0.6) is 0 Å². The molecule has 27 heavy (non-hydrogen) atoms. The predicted octanol–water partition coefficient (Wildman–Crippen LogP) is 3.71. The zero-order valence-electron chi connectivity index (χ0n) is 15.6. The fourth-order valence-corrected chi connectivity index (χ4v) is 3.23. The summed E-state index contributed by atoms with van der Waals surface area (Å²) in [5.41, 5.74) is 2.37. The van der Waals surface area contributed by atoms with E-state index < -0.39 is 6.04 Å². The summed E-state index contributed by atoms with van der Waals surface area (Å²) in [5.74, 6) is 0.160. The molecule has 6 heteroatoms. The van der Waals surface area contributed by atoms with Gasteiger partial charge in [-0.05, 0) is 43.2 Å². The van der Waals surface area contributed by atoms with Crippen LogP contribution in [0.3, 0.4) is 0 Å². The van der Waals surface area contributed by atoms with Gasteiger partial charge in [0, 0.05) is 7.05 Å². The molecule has 2 aromatic carbocycles. The van der Waals surface area contributed by atoms with Gasteiger partial charge in [-0.15, -0.1) is 11.6 Å². The fraction of sp³-hybridized carbons (Fsp3) is 0.286. The van der Waals surface area contributed by atoms with Crippen LogP contribution in [0.15, 0.2) is 53.3 Å². The number of carbonyl (C=O) groups is 1. The van der Waals surface area contributed by atoms with Crippen molar-refractivity contribution in [3.63, 3.8) is 0 Å². The Morgan fingerprint density at radius 2 is 1.85 bits per heavy atom. The van der Waals surface area contributed by atoms with Crippen LogP contribution in [0.25, 0.3) is 16.6 Å². The maximum absolute atomic E-state index is 13.3. The van der Waals surface area contributed by atoms with E-state index in [4.69, 9.17) is 16.6 Å². The van der Waals surface area contributed by atoms with Crippen LogP contribution in [-0.2, 0) is 11.2 Å². The van der Waals surface area contributed by atoms with Crippen molar-refractivity contribution in [1.29, 1.82) is 0 Å². The molecule has 1 unspecified atom stereocenters. The van der Waals surface area contributed by atoms with Crippen molar-refractivity contribution in [1.82, 2.24) is 14.5 Å². The van der Waals surface area contributed by atoms with Crippen LogP contribution in [-0.4, -0.2) is 33.3 Å². The van der Waals surface area contributed by atoms with Crippen LogP contribution in [0.4, 0.5) is 0 Å². The Bertz CT molecular complexity index is 1030. The van der Waals surface area contributed by atoms with Crippen molar-refractivity contribution >= 4 is 28.4 Å². The molecule has 1 atom stereocenters. The third kappa shape index (κ3) is 3.60. The average Bonchev–Trinajstić information content (AvgIpc) is 2.72. The molecule has 3 aromatic rings. The SMILES string of the molecule is CCc1ccc(-n2c(C(C)N(C)C(=O)CCl)nc3ccccc3c2=O)cc1. The molecule has 5 nitrogen and oxygen atoms in total. The Morgan fingerprint density at radius 1 is 1.19 bits per heavy atom. The summed E-state index contributed by atoms with van der Waals surface area (Å²) in [4.78, 5) is 31.6. The summed E-state index contributed by atoms with van der Waals surface area (Å²) in [6.07, 6.45) is 0.918. The Hall–Kier alpha value is -2.66. The number of hydrogen-bond donors (Lipinski definition) is 0. The van der Waals surface area contributed by atoms with Crippen molar-refractivity contribution in [3.8, 4) is 5.69 Å². The lowest BCUT2D eigenvalue weighted by molar-refractivity contribution is -0.129. The lowest BCUT2D eigenvalue weighted by Gasteiger charge is -2.26. The average molecular weight is 384 g/mol. The van der Waals surface area contributed by atoms with E-state index in [9.17, 15) is 9.59 Å². The molecule has 0 saturated heterocycles. The van der Waals surface area contributed by atoms with Crippen molar-refractivity contribution < 1.29 is 4.79 Å². The number of benzene rings is 2. The Kier molecular flexibility index (Phi) is 5.61. The quantitative estimate of drug-likeness (QED) is 0.631. The van der Waals surface area contributed by atoms with Gasteiger partial charge in [0.05, 0.1) is 22.6 Å². The second-order valence-corrected chi connectivity index (χ2v) is 6.73. The van der Waals surface area contributed by atoms with E-state index in [1.54, 1.807) is 23.7 Å².